The maximum Gasteiger partial charge on any atom is 0.302 e. The lowest BCUT2D eigenvalue weighted by Gasteiger charge is -2.31. The van der Waals surface area contributed by atoms with Crippen LogP contribution in [0.15, 0.2) is 109 Å². The molecular weight excluding hydrogens is 338 g/mol. The van der Waals surface area contributed by atoms with E-state index < -0.39 is 0 Å². The van der Waals surface area contributed by atoms with Crippen molar-refractivity contribution in [3.63, 3.8) is 0 Å². The molecule has 0 atom stereocenters. The van der Waals surface area contributed by atoms with E-state index in [9.17, 15) is 0 Å². The molecule has 0 bridgehead atoms. The van der Waals surface area contributed by atoms with Crippen LogP contribution >= 0.6 is 0 Å². The molecule has 0 saturated heterocycles. The number of benzene rings is 4. The van der Waals surface area contributed by atoms with Crippen molar-refractivity contribution in [2.45, 2.75) is 0 Å². The van der Waals surface area contributed by atoms with E-state index in [0.29, 0.717) is 0 Å². The van der Waals surface area contributed by atoms with Crippen molar-refractivity contribution in [2.24, 2.45) is 0 Å². The van der Waals surface area contributed by atoms with Crippen LogP contribution < -0.4 is 26.9 Å². The molecule has 28 heavy (non-hydrogen) atoms. The molecule has 2 nitrogen and oxygen atoms in total. The summed E-state index contributed by atoms with van der Waals surface area (Å²) in [5.41, 5.74) is 7.94. The summed E-state index contributed by atoms with van der Waals surface area (Å²) >= 11 is 0. The highest BCUT2D eigenvalue weighted by Gasteiger charge is 2.52. The molecule has 0 spiro atoms. The first-order valence-corrected chi connectivity index (χ1v) is 9.79. The molecule has 0 aromatic heterocycles. The van der Waals surface area contributed by atoms with Crippen molar-refractivity contribution in [3.05, 3.63) is 109 Å². The van der Waals surface area contributed by atoms with Crippen LogP contribution in [-0.4, -0.2) is 18.5 Å². The van der Waals surface area contributed by atoms with E-state index >= 15 is 0 Å². The summed E-state index contributed by atoms with van der Waals surface area (Å²) in [5.74, 6) is 0. The minimum absolute atomic E-state index is 0.190. The quantitative estimate of drug-likeness (QED) is 0.509. The summed E-state index contributed by atoms with van der Waals surface area (Å²) in [6.45, 7) is 0.380. The van der Waals surface area contributed by atoms with Gasteiger partial charge in [0.25, 0.3) is 0 Å². The molecule has 130 valence electrons. The topological polar surface area (TPSA) is 6.48 Å². The standard InChI is InChI=1S/C24H18B2N2/c1-3-11-19(12-4-1)25-21-15-7-9-17-23(21)27-24-18-10-8-16-22(24)26(28(25)27)20-13-5-2-6-14-20/h1-18H. The zero-order valence-corrected chi connectivity index (χ0v) is 15.4. The van der Waals surface area contributed by atoms with Gasteiger partial charge in [0.15, 0.2) is 0 Å². The Kier molecular flexibility index (Phi) is 3.47. The Morgan fingerprint density at radius 2 is 0.821 bits per heavy atom. The lowest BCUT2D eigenvalue weighted by molar-refractivity contribution is 0.720. The van der Waals surface area contributed by atoms with Crippen LogP contribution in [0.3, 0.4) is 0 Å². The third-order valence-corrected chi connectivity index (χ3v) is 5.91. The van der Waals surface area contributed by atoms with Crippen molar-refractivity contribution < 1.29 is 0 Å². The summed E-state index contributed by atoms with van der Waals surface area (Å²) in [7, 11) is 0. The molecule has 0 saturated carbocycles. The maximum absolute atomic E-state index is 2.56. The lowest BCUT2D eigenvalue weighted by Crippen LogP contribution is -2.64. The number of para-hydroxylation sites is 2. The van der Waals surface area contributed by atoms with Gasteiger partial charge in [0.1, 0.15) is 0 Å². The van der Waals surface area contributed by atoms with E-state index in [1.807, 2.05) is 0 Å². The zero-order valence-electron chi connectivity index (χ0n) is 15.4. The molecule has 0 unspecified atom stereocenters. The van der Waals surface area contributed by atoms with Gasteiger partial charge < -0.3 is 0 Å². The minimum Gasteiger partial charge on any atom is -0.295 e. The van der Waals surface area contributed by atoms with Crippen LogP contribution in [0.25, 0.3) is 0 Å². The average molecular weight is 356 g/mol. The van der Waals surface area contributed by atoms with E-state index in [2.05, 4.69) is 119 Å². The molecule has 2 aliphatic heterocycles. The monoisotopic (exact) mass is 356 g/mol. The molecule has 6 rings (SSSR count). The van der Waals surface area contributed by atoms with E-state index in [1.165, 1.54) is 33.2 Å². The summed E-state index contributed by atoms with van der Waals surface area (Å²) in [4.78, 5) is 2.56. The normalized spacial score (nSPS) is 14.8. The predicted molar refractivity (Wildman–Crippen MR) is 120 cm³/mol. The summed E-state index contributed by atoms with van der Waals surface area (Å²) in [5, 5.41) is 2.43. The summed E-state index contributed by atoms with van der Waals surface area (Å²) in [6.07, 6.45) is 0. The van der Waals surface area contributed by atoms with E-state index in [1.54, 1.807) is 0 Å². The van der Waals surface area contributed by atoms with Crippen molar-refractivity contribution in [1.82, 2.24) is 4.83 Å². The van der Waals surface area contributed by atoms with Crippen LogP contribution in [0.1, 0.15) is 0 Å². The molecule has 0 N–H and O–H groups in total. The number of fused-ring (bicyclic) bond motifs is 5. The van der Waals surface area contributed by atoms with Gasteiger partial charge in [0.05, 0.1) is 11.4 Å². The molecule has 4 heteroatoms. The predicted octanol–water partition coefficient (Wildman–Crippen LogP) is 2.28. The molecular formula is C24H18B2N2. The van der Waals surface area contributed by atoms with E-state index in [0.717, 1.165) is 0 Å². The highest BCUT2D eigenvalue weighted by molar-refractivity contribution is 7.00. The molecule has 4 aromatic carbocycles. The third kappa shape index (κ3) is 2.15. The molecule has 2 heterocycles. The van der Waals surface area contributed by atoms with Gasteiger partial charge in [-0.25, -0.2) is 0 Å². The smallest absolute Gasteiger partial charge is 0.295 e. The van der Waals surface area contributed by atoms with E-state index in [4.69, 9.17) is 0 Å². The fraction of sp³-hybridized carbons (Fsp3) is 0. The number of hydrogen-bond acceptors (Lipinski definition) is 2. The molecule has 0 aliphatic carbocycles. The molecule has 2 aliphatic rings. The van der Waals surface area contributed by atoms with Gasteiger partial charge >= 0.3 is 13.7 Å². The second-order valence-corrected chi connectivity index (χ2v) is 7.44. The second-order valence-electron chi connectivity index (χ2n) is 7.44. The first-order valence-electron chi connectivity index (χ1n) is 9.79. The molecule has 4 aromatic rings. The molecule has 0 radical (unpaired) electrons. The highest BCUT2D eigenvalue weighted by Crippen LogP contribution is 2.36. The van der Waals surface area contributed by atoms with Gasteiger partial charge in [-0.15, -0.1) is 0 Å². The second kappa shape index (κ2) is 6.15. The number of hydrazine groups is 1. The van der Waals surface area contributed by atoms with Crippen LogP contribution in [0.5, 0.6) is 0 Å². The maximum atomic E-state index is 2.56. The zero-order chi connectivity index (χ0) is 18.5. The Bertz CT molecular complexity index is 1030. The van der Waals surface area contributed by atoms with Crippen molar-refractivity contribution >= 4 is 46.9 Å². The summed E-state index contributed by atoms with van der Waals surface area (Å²) in [6, 6.07) is 39.4. The molecule has 0 amide bonds. The van der Waals surface area contributed by atoms with Crippen LogP contribution in [0.2, 0.25) is 0 Å². The fourth-order valence-electron chi connectivity index (χ4n) is 4.80. The van der Waals surface area contributed by atoms with Gasteiger partial charge in [-0.1, -0.05) is 108 Å². The van der Waals surface area contributed by atoms with E-state index in [-0.39, 0.29) is 13.7 Å². The summed E-state index contributed by atoms with van der Waals surface area (Å²) < 4.78 is 0. The Hall–Kier alpha value is -3.23. The first-order chi connectivity index (χ1) is 13.9. The number of nitrogens with zero attached hydrogens (tertiary/aromatic N) is 2. The lowest BCUT2D eigenvalue weighted by atomic mass is 9.40. The Morgan fingerprint density at radius 1 is 0.429 bits per heavy atom. The number of anilines is 2. The van der Waals surface area contributed by atoms with Gasteiger partial charge in [0, 0.05) is 0 Å². The van der Waals surface area contributed by atoms with Crippen LogP contribution in [0.4, 0.5) is 11.4 Å². The first kappa shape index (κ1) is 15.8. The average Bonchev–Trinajstić information content (AvgIpc) is 3.27. The van der Waals surface area contributed by atoms with Crippen LogP contribution in [-0.2, 0) is 0 Å². The van der Waals surface area contributed by atoms with Gasteiger partial charge in [-0.2, -0.15) is 0 Å². The fourth-order valence-corrected chi connectivity index (χ4v) is 4.80. The van der Waals surface area contributed by atoms with Crippen molar-refractivity contribution in [3.8, 4) is 0 Å². The van der Waals surface area contributed by atoms with Gasteiger partial charge in [-0.05, 0) is 23.1 Å². The van der Waals surface area contributed by atoms with Gasteiger partial charge in [0.2, 0.25) is 0 Å². The largest absolute Gasteiger partial charge is 0.302 e. The Balaban J connectivity index is 1.63. The third-order valence-electron chi connectivity index (χ3n) is 5.91. The number of hydrogen-bond donors (Lipinski definition) is 0. The Labute approximate surface area is 166 Å². The SMILES string of the molecule is c1ccc(B2c3ccccc3N3c4ccccc4B(c4ccccc4)N23)cc1. The van der Waals surface area contributed by atoms with Gasteiger partial charge in [-0.3, -0.25) is 9.84 Å². The van der Waals surface area contributed by atoms with Crippen molar-refractivity contribution in [2.75, 3.05) is 5.01 Å². The molecule has 0 fully saturated rings. The minimum atomic E-state index is 0.190. The van der Waals surface area contributed by atoms with Crippen LogP contribution in [0, 0.1) is 0 Å². The Morgan fingerprint density at radius 3 is 1.29 bits per heavy atom. The van der Waals surface area contributed by atoms with Crippen molar-refractivity contribution in [1.29, 1.82) is 0 Å². The number of rotatable bonds is 2. The highest BCUT2D eigenvalue weighted by atomic mass is 15.6.